The molecule has 0 fully saturated rings. The van der Waals surface area contributed by atoms with Gasteiger partial charge in [-0.05, 0) is 63.8 Å². The van der Waals surface area contributed by atoms with Crippen molar-refractivity contribution in [3.8, 4) is 0 Å². The Hall–Kier alpha value is -0.200. The number of hydrogen-bond donors (Lipinski definition) is 0. The Morgan fingerprint density at radius 2 is 1.06 bits per heavy atom. The van der Waals surface area contributed by atoms with Crippen molar-refractivity contribution in [1.29, 1.82) is 0 Å². The Kier molecular flexibility index (Phi) is 3.67. The molecule has 0 aromatic heterocycles. The highest BCUT2D eigenvalue weighted by atomic mass is 35.5. The van der Waals surface area contributed by atoms with Crippen molar-refractivity contribution in [3.05, 3.63) is 34.4 Å². The summed E-state index contributed by atoms with van der Waals surface area (Å²) in [5.41, 5.74) is 4.76. The molecule has 0 heterocycles. The van der Waals surface area contributed by atoms with Gasteiger partial charge in [0.25, 0.3) is 0 Å². The molecule has 0 aliphatic heterocycles. The Morgan fingerprint density at radius 1 is 0.750 bits per heavy atom. The van der Waals surface area contributed by atoms with Gasteiger partial charge in [-0.3, -0.25) is 0 Å². The van der Waals surface area contributed by atoms with Crippen LogP contribution in [0.1, 0.15) is 49.9 Å². The molecule has 90 valence electrons. The fraction of sp³-hybridized carbons (Fsp3) is 0.571. The topological polar surface area (TPSA) is 0 Å². The van der Waals surface area contributed by atoms with E-state index >= 15 is 0 Å². The third-order valence-electron chi connectivity index (χ3n) is 2.85. The molecule has 0 N–H and O–H groups in total. The quantitative estimate of drug-likeness (QED) is 0.636. The molecule has 0 radical (unpaired) electrons. The third-order valence-corrected chi connectivity index (χ3v) is 3.26. The van der Waals surface area contributed by atoms with Crippen molar-refractivity contribution in [2.45, 2.75) is 51.3 Å². The first-order chi connectivity index (χ1) is 7.03. The normalized spacial score (nSPS) is 13.0. The van der Waals surface area contributed by atoms with E-state index in [1.807, 2.05) is 27.7 Å². The smallest absolute Gasteiger partial charge is 0.0641 e. The SMILES string of the molecule is Cc1cc(C)c(C(C)(C)Cl)cc1C(C)(C)Cl. The number of halogens is 2. The molecule has 0 aliphatic rings. The van der Waals surface area contributed by atoms with E-state index in [1.54, 1.807) is 0 Å². The van der Waals surface area contributed by atoms with Crippen molar-refractivity contribution in [1.82, 2.24) is 0 Å². The molecule has 0 bridgehead atoms. The average Bonchev–Trinajstić information content (AvgIpc) is 1.97. The van der Waals surface area contributed by atoms with Gasteiger partial charge < -0.3 is 0 Å². The van der Waals surface area contributed by atoms with E-state index in [0.717, 1.165) is 11.1 Å². The molecule has 1 aromatic rings. The van der Waals surface area contributed by atoms with Gasteiger partial charge in [0.2, 0.25) is 0 Å². The lowest BCUT2D eigenvalue weighted by molar-refractivity contribution is 0.727. The predicted octanol–water partition coefficient (Wildman–Crippen LogP) is 5.25. The van der Waals surface area contributed by atoms with Crippen LogP contribution in [0.3, 0.4) is 0 Å². The molecule has 0 saturated heterocycles. The molecule has 16 heavy (non-hydrogen) atoms. The van der Waals surface area contributed by atoms with E-state index in [0.29, 0.717) is 0 Å². The summed E-state index contributed by atoms with van der Waals surface area (Å²) >= 11 is 12.8. The van der Waals surface area contributed by atoms with E-state index in [-0.39, 0.29) is 9.75 Å². The number of rotatable bonds is 2. The number of benzene rings is 1. The molecule has 0 nitrogen and oxygen atoms in total. The minimum absolute atomic E-state index is 0.353. The standard InChI is InChI=1S/C14H20Cl2/c1-9-7-10(2)12(14(5,6)16)8-11(9)13(3,4)15/h7-8H,1-6H3. The molecular formula is C14H20Cl2. The minimum atomic E-state index is -0.353. The van der Waals surface area contributed by atoms with Gasteiger partial charge in [0.15, 0.2) is 0 Å². The van der Waals surface area contributed by atoms with Gasteiger partial charge in [0.1, 0.15) is 0 Å². The van der Waals surface area contributed by atoms with Crippen LogP contribution < -0.4 is 0 Å². The first kappa shape index (κ1) is 13.9. The molecule has 0 amide bonds. The second-order valence-corrected chi connectivity index (χ2v) is 7.32. The summed E-state index contributed by atoms with van der Waals surface area (Å²) in [7, 11) is 0. The molecule has 0 saturated carbocycles. The fourth-order valence-corrected chi connectivity index (χ4v) is 2.54. The predicted molar refractivity (Wildman–Crippen MR) is 73.7 cm³/mol. The molecule has 0 aliphatic carbocycles. The number of hydrogen-bond acceptors (Lipinski definition) is 0. The first-order valence-electron chi connectivity index (χ1n) is 5.53. The van der Waals surface area contributed by atoms with Crippen molar-refractivity contribution in [2.75, 3.05) is 0 Å². The molecule has 1 rings (SSSR count). The van der Waals surface area contributed by atoms with Crippen molar-refractivity contribution in [3.63, 3.8) is 0 Å². The average molecular weight is 259 g/mol. The summed E-state index contributed by atoms with van der Waals surface area (Å²) in [6.45, 7) is 12.2. The van der Waals surface area contributed by atoms with Gasteiger partial charge in [0, 0.05) is 0 Å². The largest absolute Gasteiger partial charge is 0.115 e. The van der Waals surface area contributed by atoms with Crippen molar-refractivity contribution < 1.29 is 0 Å². The molecule has 1 aromatic carbocycles. The second-order valence-electron chi connectivity index (χ2n) is 5.43. The van der Waals surface area contributed by atoms with E-state index in [2.05, 4.69) is 26.0 Å². The van der Waals surface area contributed by atoms with Crippen LogP contribution in [-0.2, 0) is 9.75 Å². The number of aryl methyl sites for hydroxylation is 2. The maximum atomic E-state index is 6.40. The Balaban J connectivity index is 3.45. The van der Waals surface area contributed by atoms with E-state index in [9.17, 15) is 0 Å². The lowest BCUT2D eigenvalue weighted by Crippen LogP contribution is -2.15. The lowest BCUT2D eigenvalue weighted by atomic mass is 9.88. The van der Waals surface area contributed by atoms with E-state index < -0.39 is 0 Å². The summed E-state index contributed by atoms with van der Waals surface area (Å²) in [4.78, 5) is -0.705. The van der Waals surface area contributed by atoms with Crippen LogP contribution in [0.25, 0.3) is 0 Å². The summed E-state index contributed by atoms with van der Waals surface area (Å²) in [5, 5.41) is 0. The maximum Gasteiger partial charge on any atom is 0.0641 e. The van der Waals surface area contributed by atoms with Crippen LogP contribution in [0, 0.1) is 13.8 Å². The van der Waals surface area contributed by atoms with Crippen LogP contribution in [-0.4, -0.2) is 0 Å². The fourth-order valence-electron chi connectivity index (χ4n) is 2.13. The summed E-state index contributed by atoms with van der Waals surface area (Å²) < 4.78 is 0. The molecule has 0 atom stereocenters. The summed E-state index contributed by atoms with van der Waals surface area (Å²) in [6, 6.07) is 4.31. The van der Waals surface area contributed by atoms with Crippen molar-refractivity contribution >= 4 is 23.2 Å². The Bertz CT molecular complexity index is 357. The highest BCUT2D eigenvalue weighted by Crippen LogP contribution is 2.37. The first-order valence-corrected chi connectivity index (χ1v) is 6.29. The van der Waals surface area contributed by atoms with E-state index in [1.165, 1.54) is 11.1 Å². The van der Waals surface area contributed by atoms with E-state index in [4.69, 9.17) is 23.2 Å². The molecular weight excluding hydrogens is 239 g/mol. The van der Waals surface area contributed by atoms with Crippen LogP contribution in [0.4, 0.5) is 0 Å². The Labute approximate surface area is 109 Å². The highest BCUT2D eigenvalue weighted by molar-refractivity contribution is 6.24. The number of alkyl halides is 2. The van der Waals surface area contributed by atoms with Gasteiger partial charge in [-0.15, -0.1) is 23.2 Å². The van der Waals surface area contributed by atoms with Gasteiger partial charge >= 0.3 is 0 Å². The second kappa shape index (κ2) is 4.23. The molecule has 2 heteroatoms. The van der Waals surface area contributed by atoms with Gasteiger partial charge in [-0.2, -0.15) is 0 Å². The zero-order valence-electron chi connectivity index (χ0n) is 10.9. The maximum absolute atomic E-state index is 6.40. The summed E-state index contributed by atoms with van der Waals surface area (Å²) in [6.07, 6.45) is 0. The molecule has 0 spiro atoms. The third kappa shape index (κ3) is 2.93. The van der Waals surface area contributed by atoms with Crippen molar-refractivity contribution in [2.24, 2.45) is 0 Å². The lowest BCUT2D eigenvalue weighted by Gasteiger charge is -2.26. The van der Waals surface area contributed by atoms with Crippen LogP contribution >= 0.6 is 23.2 Å². The zero-order valence-corrected chi connectivity index (χ0v) is 12.4. The van der Waals surface area contributed by atoms with Gasteiger partial charge in [-0.1, -0.05) is 12.1 Å². The zero-order chi connectivity index (χ0) is 12.7. The van der Waals surface area contributed by atoms with Gasteiger partial charge in [0.05, 0.1) is 9.75 Å². The Morgan fingerprint density at radius 3 is 1.31 bits per heavy atom. The van der Waals surface area contributed by atoms with Gasteiger partial charge in [-0.25, -0.2) is 0 Å². The van der Waals surface area contributed by atoms with Crippen LogP contribution in [0.5, 0.6) is 0 Å². The minimum Gasteiger partial charge on any atom is -0.115 e. The summed E-state index contributed by atoms with van der Waals surface area (Å²) in [5.74, 6) is 0. The van der Waals surface area contributed by atoms with Crippen LogP contribution in [0.15, 0.2) is 12.1 Å². The monoisotopic (exact) mass is 258 g/mol. The van der Waals surface area contributed by atoms with Crippen LogP contribution in [0.2, 0.25) is 0 Å². The molecule has 0 unspecified atom stereocenters. The highest BCUT2D eigenvalue weighted by Gasteiger charge is 2.25.